The third-order valence-corrected chi connectivity index (χ3v) is 3.71. The van der Waals surface area contributed by atoms with Crippen LogP contribution in [-0.2, 0) is 5.75 Å². The highest BCUT2D eigenvalue weighted by Gasteiger charge is 2.03. The van der Waals surface area contributed by atoms with Crippen molar-refractivity contribution in [3.63, 3.8) is 0 Å². The van der Waals surface area contributed by atoms with E-state index in [0.717, 1.165) is 10.2 Å². The Balaban J connectivity index is 2.44. The van der Waals surface area contributed by atoms with E-state index in [-0.39, 0.29) is 6.61 Å². The van der Waals surface area contributed by atoms with Gasteiger partial charge in [-0.15, -0.1) is 0 Å². The average molecular weight is 291 g/mol. The summed E-state index contributed by atoms with van der Waals surface area (Å²) in [5.41, 5.74) is 2.52. The van der Waals surface area contributed by atoms with Crippen LogP contribution in [0.1, 0.15) is 11.1 Å². The molecule has 84 valence electrons. The third-order valence-electron chi connectivity index (χ3n) is 2.08. The van der Waals surface area contributed by atoms with Gasteiger partial charge in [-0.1, -0.05) is 22.0 Å². The van der Waals surface area contributed by atoms with Gasteiger partial charge in [-0.3, -0.25) is 0 Å². The molecule has 0 spiro atoms. The first-order chi connectivity index (χ1) is 7.13. The Kier molecular flexibility index (Phi) is 5.68. The maximum Gasteiger partial charge on any atom is 0.0861 e. The lowest BCUT2D eigenvalue weighted by Crippen LogP contribution is -2.14. The molecule has 0 bridgehead atoms. The average Bonchev–Trinajstić information content (AvgIpc) is 2.21. The number of hydrogen-bond donors (Lipinski definition) is 2. The molecule has 0 heterocycles. The van der Waals surface area contributed by atoms with E-state index in [9.17, 15) is 5.11 Å². The Morgan fingerprint density at radius 1 is 1.47 bits per heavy atom. The number of thioether (sulfide) groups is 1. The molecule has 1 rings (SSSR count). The SMILES string of the molecule is Cc1cc(Br)ccc1CSC[C@H](O)CO. The Bertz CT molecular complexity index is 317. The zero-order valence-electron chi connectivity index (χ0n) is 8.61. The lowest BCUT2D eigenvalue weighted by Gasteiger charge is -2.08. The zero-order chi connectivity index (χ0) is 11.3. The first kappa shape index (κ1) is 13.0. The van der Waals surface area contributed by atoms with Gasteiger partial charge in [0.2, 0.25) is 0 Å². The van der Waals surface area contributed by atoms with Gasteiger partial charge in [-0.25, -0.2) is 0 Å². The third kappa shape index (κ3) is 4.55. The van der Waals surface area contributed by atoms with E-state index < -0.39 is 6.10 Å². The largest absolute Gasteiger partial charge is 0.394 e. The number of aliphatic hydroxyl groups is 2. The summed E-state index contributed by atoms with van der Waals surface area (Å²) in [7, 11) is 0. The maximum absolute atomic E-state index is 9.17. The van der Waals surface area contributed by atoms with E-state index >= 15 is 0 Å². The quantitative estimate of drug-likeness (QED) is 0.875. The molecule has 1 aromatic carbocycles. The fraction of sp³-hybridized carbons (Fsp3) is 0.455. The molecular weight excluding hydrogens is 276 g/mol. The number of rotatable bonds is 5. The maximum atomic E-state index is 9.17. The first-order valence-electron chi connectivity index (χ1n) is 4.75. The number of halogens is 1. The highest BCUT2D eigenvalue weighted by Crippen LogP contribution is 2.20. The Labute approximate surface area is 103 Å². The first-order valence-corrected chi connectivity index (χ1v) is 6.70. The molecular formula is C11H15BrO2S. The molecule has 2 nitrogen and oxygen atoms in total. The minimum Gasteiger partial charge on any atom is -0.394 e. The fourth-order valence-corrected chi connectivity index (χ4v) is 2.69. The van der Waals surface area contributed by atoms with Crippen LogP contribution in [0.2, 0.25) is 0 Å². The topological polar surface area (TPSA) is 40.5 Å². The number of aliphatic hydroxyl groups excluding tert-OH is 2. The van der Waals surface area contributed by atoms with Crippen LogP contribution in [-0.4, -0.2) is 28.7 Å². The monoisotopic (exact) mass is 290 g/mol. The molecule has 4 heteroatoms. The molecule has 15 heavy (non-hydrogen) atoms. The van der Waals surface area contributed by atoms with E-state index in [2.05, 4.69) is 35.0 Å². The second kappa shape index (κ2) is 6.53. The van der Waals surface area contributed by atoms with Gasteiger partial charge in [-0.05, 0) is 30.2 Å². The van der Waals surface area contributed by atoms with Crippen molar-refractivity contribution in [3.8, 4) is 0 Å². The summed E-state index contributed by atoms with van der Waals surface area (Å²) in [6.07, 6.45) is -0.606. The lowest BCUT2D eigenvalue weighted by molar-refractivity contribution is 0.113. The van der Waals surface area contributed by atoms with Gasteiger partial charge in [-0.2, -0.15) is 11.8 Å². The highest BCUT2D eigenvalue weighted by molar-refractivity contribution is 9.10. The van der Waals surface area contributed by atoms with Crippen LogP contribution in [0.3, 0.4) is 0 Å². The minimum atomic E-state index is -0.606. The van der Waals surface area contributed by atoms with E-state index in [4.69, 9.17) is 5.11 Å². The van der Waals surface area contributed by atoms with Crippen molar-refractivity contribution in [2.24, 2.45) is 0 Å². The molecule has 0 aliphatic carbocycles. The Morgan fingerprint density at radius 2 is 2.20 bits per heavy atom. The molecule has 0 aliphatic rings. The van der Waals surface area contributed by atoms with Crippen molar-refractivity contribution < 1.29 is 10.2 Å². The second-order valence-electron chi connectivity index (χ2n) is 3.42. The van der Waals surface area contributed by atoms with Gasteiger partial charge < -0.3 is 10.2 Å². The summed E-state index contributed by atoms with van der Waals surface area (Å²) in [6.45, 7) is 1.91. The minimum absolute atomic E-state index is 0.160. The van der Waals surface area contributed by atoms with Gasteiger partial charge in [0, 0.05) is 16.0 Å². The molecule has 0 aliphatic heterocycles. The molecule has 0 radical (unpaired) electrons. The molecule has 1 atom stereocenters. The number of hydrogen-bond acceptors (Lipinski definition) is 3. The Hall–Kier alpha value is -0.0300. The van der Waals surface area contributed by atoms with Crippen molar-refractivity contribution in [1.82, 2.24) is 0 Å². The van der Waals surface area contributed by atoms with Crippen molar-refractivity contribution in [2.75, 3.05) is 12.4 Å². The highest BCUT2D eigenvalue weighted by atomic mass is 79.9. The van der Waals surface area contributed by atoms with Gasteiger partial charge in [0.15, 0.2) is 0 Å². The normalized spacial score (nSPS) is 12.8. The molecule has 1 aromatic rings. The molecule has 0 saturated carbocycles. The molecule has 0 fully saturated rings. The second-order valence-corrected chi connectivity index (χ2v) is 5.37. The van der Waals surface area contributed by atoms with E-state index in [1.165, 1.54) is 11.1 Å². The van der Waals surface area contributed by atoms with E-state index in [0.29, 0.717) is 5.75 Å². The zero-order valence-corrected chi connectivity index (χ0v) is 11.0. The van der Waals surface area contributed by atoms with Crippen molar-refractivity contribution >= 4 is 27.7 Å². The van der Waals surface area contributed by atoms with E-state index in [1.807, 2.05) is 6.07 Å². The van der Waals surface area contributed by atoms with Gasteiger partial charge in [0.05, 0.1) is 12.7 Å². The van der Waals surface area contributed by atoms with Crippen LogP contribution in [0.4, 0.5) is 0 Å². The van der Waals surface area contributed by atoms with Crippen LogP contribution < -0.4 is 0 Å². The summed E-state index contributed by atoms with van der Waals surface area (Å²) >= 11 is 5.05. The van der Waals surface area contributed by atoms with Gasteiger partial charge in [0.25, 0.3) is 0 Å². The van der Waals surface area contributed by atoms with Gasteiger partial charge in [0.1, 0.15) is 0 Å². The molecule has 2 N–H and O–H groups in total. The Morgan fingerprint density at radius 3 is 2.80 bits per heavy atom. The summed E-state index contributed by atoms with van der Waals surface area (Å²) in [5, 5.41) is 17.8. The van der Waals surface area contributed by atoms with Gasteiger partial charge >= 0.3 is 0 Å². The number of aryl methyl sites for hydroxylation is 1. The van der Waals surface area contributed by atoms with Crippen LogP contribution in [0.25, 0.3) is 0 Å². The van der Waals surface area contributed by atoms with Crippen molar-refractivity contribution in [3.05, 3.63) is 33.8 Å². The fourth-order valence-electron chi connectivity index (χ4n) is 1.18. The molecule has 0 amide bonds. The smallest absolute Gasteiger partial charge is 0.0861 e. The lowest BCUT2D eigenvalue weighted by atomic mass is 10.1. The standard InChI is InChI=1S/C11H15BrO2S/c1-8-4-10(12)3-2-9(8)6-15-7-11(14)5-13/h2-4,11,13-14H,5-7H2,1H3/t11-/m1/s1. The molecule has 0 aromatic heterocycles. The molecule has 0 unspecified atom stereocenters. The molecule has 0 saturated heterocycles. The van der Waals surface area contributed by atoms with Crippen molar-refractivity contribution in [2.45, 2.75) is 18.8 Å². The van der Waals surface area contributed by atoms with Crippen molar-refractivity contribution in [1.29, 1.82) is 0 Å². The number of benzene rings is 1. The summed E-state index contributed by atoms with van der Waals surface area (Å²) in [4.78, 5) is 0. The van der Waals surface area contributed by atoms with Crippen LogP contribution in [0, 0.1) is 6.92 Å². The van der Waals surface area contributed by atoms with Crippen LogP contribution in [0.5, 0.6) is 0 Å². The summed E-state index contributed by atoms with van der Waals surface area (Å²) in [6, 6.07) is 6.18. The van der Waals surface area contributed by atoms with Crippen LogP contribution in [0.15, 0.2) is 22.7 Å². The summed E-state index contributed by atoms with van der Waals surface area (Å²) in [5.74, 6) is 1.45. The predicted octanol–water partition coefficient (Wildman–Crippen LogP) is 2.34. The predicted molar refractivity (Wildman–Crippen MR) is 68.1 cm³/mol. The van der Waals surface area contributed by atoms with E-state index in [1.54, 1.807) is 11.8 Å². The van der Waals surface area contributed by atoms with Crippen LogP contribution >= 0.6 is 27.7 Å². The summed E-state index contributed by atoms with van der Waals surface area (Å²) < 4.78 is 1.09.